The van der Waals surface area contributed by atoms with Crippen LogP contribution in [0.2, 0.25) is 0 Å². The quantitative estimate of drug-likeness (QED) is 0.904. The van der Waals surface area contributed by atoms with Gasteiger partial charge in [-0.15, -0.1) is 0 Å². The van der Waals surface area contributed by atoms with Crippen LogP contribution in [0, 0.1) is 5.92 Å². The average molecular weight is 304 g/mol. The van der Waals surface area contributed by atoms with E-state index in [1.54, 1.807) is 11.9 Å². The second-order valence-corrected chi connectivity index (χ2v) is 6.00. The molecule has 5 heteroatoms. The number of hydrogen-bond acceptors (Lipinski definition) is 3. The lowest BCUT2D eigenvalue weighted by Gasteiger charge is -2.33. The predicted molar refractivity (Wildman–Crippen MR) is 84.4 cm³/mol. The van der Waals surface area contributed by atoms with Gasteiger partial charge in [-0.25, -0.2) is 0 Å². The van der Waals surface area contributed by atoms with Gasteiger partial charge < -0.3 is 10.0 Å². The molecule has 1 amide bonds. The van der Waals surface area contributed by atoms with Crippen LogP contribution in [-0.2, 0) is 9.59 Å². The number of amides is 1. The maximum atomic E-state index is 12.4. The van der Waals surface area contributed by atoms with Crippen LogP contribution < -0.4 is 0 Å². The number of aliphatic carboxylic acids is 1. The summed E-state index contributed by atoms with van der Waals surface area (Å²) in [5.74, 6) is -1.08. The number of hydrogen-bond donors (Lipinski definition) is 1. The van der Waals surface area contributed by atoms with Crippen LogP contribution in [0.4, 0.5) is 0 Å². The van der Waals surface area contributed by atoms with Gasteiger partial charge in [0, 0.05) is 13.6 Å². The van der Waals surface area contributed by atoms with Crippen molar-refractivity contribution in [2.45, 2.75) is 25.8 Å². The lowest BCUT2D eigenvalue weighted by molar-refractivity contribution is -0.145. The number of carboxylic acid groups (broad SMARTS) is 1. The van der Waals surface area contributed by atoms with Gasteiger partial charge in [0.2, 0.25) is 5.91 Å². The van der Waals surface area contributed by atoms with E-state index in [0.29, 0.717) is 13.0 Å². The Hall–Kier alpha value is -1.88. The number of carbonyl (C=O) groups is 2. The molecule has 0 radical (unpaired) electrons. The Morgan fingerprint density at radius 3 is 2.68 bits per heavy atom. The molecule has 22 heavy (non-hydrogen) atoms. The van der Waals surface area contributed by atoms with Crippen molar-refractivity contribution < 1.29 is 14.7 Å². The molecule has 2 atom stereocenters. The van der Waals surface area contributed by atoms with E-state index in [0.717, 1.165) is 18.5 Å². The summed E-state index contributed by atoms with van der Waals surface area (Å²) in [7, 11) is 1.80. The lowest BCUT2D eigenvalue weighted by Crippen LogP contribution is -2.45. The zero-order chi connectivity index (χ0) is 16.1. The third-order valence-corrected chi connectivity index (χ3v) is 4.47. The third kappa shape index (κ3) is 4.07. The van der Waals surface area contributed by atoms with E-state index >= 15 is 0 Å². The van der Waals surface area contributed by atoms with Gasteiger partial charge in [0.05, 0.1) is 18.5 Å². The minimum atomic E-state index is -0.761. The van der Waals surface area contributed by atoms with Gasteiger partial charge in [-0.1, -0.05) is 30.3 Å². The van der Waals surface area contributed by atoms with E-state index in [9.17, 15) is 9.59 Å². The van der Waals surface area contributed by atoms with Crippen molar-refractivity contribution in [2.24, 2.45) is 5.92 Å². The van der Waals surface area contributed by atoms with Gasteiger partial charge in [0.25, 0.3) is 0 Å². The molecule has 1 aromatic carbocycles. The monoisotopic (exact) mass is 304 g/mol. The van der Waals surface area contributed by atoms with Gasteiger partial charge >= 0.3 is 5.97 Å². The summed E-state index contributed by atoms with van der Waals surface area (Å²) in [5.41, 5.74) is 1.10. The number of carbonyl (C=O) groups excluding carboxylic acids is 1. The first-order chi connectivity index (χ1) is 10.5. The zero-order valence-electron chi connectivity index (χ0n) is 13.2. The molecule has 1 saturated heterocycles. The summed E-state index contributed by atoms with van der Waals surface area (Å²) in [6.45, 7) is 3.55. The third-order valence-electron chi connectivity index (χ3n) is 4.47. The summed E-state index contributed by atoms with van der Waals surface area (Å²) in [5, 5.41) is 9.11. The lowest BCUT2D eigenvalue weighted by atomic mass is 9.98. The molecule has 2 rings (SSSR count). The maximum absolute atomic E-state index is 12.4. The Labute approximate surface area is 131 Å². The number of likely N-dealkylation sites (N-methyl/N-ethyl adjacent to an activating group) is 1. The van der Waals surface area contributed by atoms with Gasteiger partial charge in [-0.05, 0) is 31.9 Å². The summed E-state index contributed by atoms with van der Waals surface area (Å²) in [4.78, 5) is 27.2. The van der Waals surface area contributed by atoms with E-state index in [1.807, 2.05) is 42.2 Å². The van der Waals surface area contributed by atoms with Crippen molar-refractivity contribution in [3.05, 3.63) is 35.9 Å². The summed E-state index contributed by atoms with van der Waals surface area (Å²) in [6, 6.07) is 9.91. The highest BCUT2D eigenvalue weighted by Crippen LogP contribution is 2.20. The van der Waals surface area contributed by atoms with E-state index < -0.39 is 5.97 Å². The van der Waals surface area contributed by atoms with Crippen molar-refractivity contribution in [1.82, 2.24) is 9.80 Å². The SMILES string of the molecule is C[C@H](c1ccccc1)N(C)C(=O)CN1CCC[C@H](C(=O)O)C1. The molecule has 0 bridgehead atoms. The molecule has 1 fully saturated rings. The van der Waals surface area contributed by atoms with E-state index in [-0.39, 0.29) is 24.4 Å². The van der Waals surface area contributed by atoms with Crippen LogP contribution in [-0.4, -0.2) is 53.5 Å². The minimum absolute atomic E-state index is 0.00811. The molecule has 1 aliphatic heterocycles. The Kier molecular flexibility index (Phi) is 5.55. The Bertz CT molecular complexity index is 518. The van der Waals surface area contributed by atoms with Crippen LogP contribution in [0.5, 0.6) is 0 Å². The average Bonchev–Trinajstić information content (AvgIpc) is 2.54. The fraction of sp³-hybridized carbons (Fsp3) is 0.529. The summed E-state index contributed by atoms with van der Waals surface area (Å²) in [6.07, 6.45) is 1.54. The number of nitrogens with zero attached hydrogens (tertiary/aromatic N) is 2. The molecular weight excluding hydrogens is 280 g/mol. The van der Waals surface area contributed by atoms with Crippen LogP contribution in [0.1, 0.15) is 31.4 Å². The summed E-state index contributed by atoms with van der Waals surface area (Å²) < 4.78 is 0. The topological polar surface area (TPSA) is 60.9 Å². The molecule has 0 aromatic heterocycles. The fourth-order valence-corrected chi connectivity index (χ4v) is 2.87. The van der Waals surface area contributed by atoms with E-state index in [4.69, 9.17) is 5.11 Å². The fourth-order valence-electron chi connectivity index (χ4n) is 2.87. The molecule has 1 heterocycles. The van der Waals surface area contributed by atoms with Crippen molar-refractivity contribution in [2.75, 3.05) is 26.7 Å². The Morgan fingerprint density at radius 1 is 1.36 bits per heavy atom. The smallest absolute Gasteiger partial charge is 0.307 e. The minimum Gasteiger partial charge on any atom is -0.481 e. The van der Waals surface area contributed by atoms with E-state index in [2.05, 4.69) is 0 Å². The van der Waals surface area contributed by atoms with Crippen LogP contribution in [0.15, 0.2) is 30.3 Å². The summed E-state index contributed by atoms with van der Waals surface area (Å²) >= 11 is 0. The normalized spacial score (nSPS) is 20.4. The molecular formula is C17H24N2O3. The van der Waals surface area contributed by atoms with Gasteiger partial charge in [0.15, 0.2) is 0 Å². The van der Waals surface area contributed by atoms with Crippen molar-refractivity contribution in [3.63, 3.8) is 0 Å². The first-order valence-electron chi connectivity index (χ1n) is 7.74. The first-order valence-corrected chi connectivity index (χ1v) is 7.74. The van der Waals surface area contributed by atoms with Crippen molar-refractivity contribution in [1.29, 1.82) is 0 Å². The number of benzene rings is 1. The molecule has 120 valence electrons. The largest absolute Gasteiger partial charge is 0.481 e. The highest BCUT2D eigenvalue weighted by atomic mass is 16.4. The highest BCUT2D eigenvalue weighted by molar-refractivity contribution is 5.78. The Morgan fingerprint density at radius 2 is 2.05 bits per heavy atom. The highest BCUT2D eigenvalue weighted by Gasteiger charge is 2.27. The van der Waals surface area contributed by atoms with Gasteiger partial charge in [-0.3, -0.25) is 14.5 Å². The molecule has 1 N–H and O–H groups in total. The van der Waals surface area contributed by atoms with Crippen LogP contribution in [0.25, 0.3) is 0 Å². The van der Waals surface area contributed by atoms with Crippen molar-refractivity contribution >= 4 is 11.9 Å². The van der Waals surface area contributed by atoms with Crippen molar-refractivity contribution in [3.8, 4) is 0 Å². The zero-order valence-corrected chi connectivity index (χ0v) is 13.2. The van der Waals surface area contributed by atoms with Crippen LogP contribution in [0.3, 0.4) is 0 Å². The van der Waals surface area contributed by atoms with Gasteiger partial charge in [-0.2, -0.15) is 0 Å². The molecule has 5 nitrogen and oxygen atoms in total. The number of carboxylic acids is 1. The predicted octanol–water partition coefficient (Wildman–Crippen LogP) is 2.00. The second kappa shape index (κ2) is 7.40. The molecule has 0 saturated carbocycles. The van der Waals surface area contributed by atoms with Gasteiger partial charge in [0.1, 0.15) is 0 Å². The maximum Gasteiger partial charge on any atom is 0.307 e. The van der Waals surface area contributed by atoms with E-state index in [1.165, 1.54) is 0 Å². The molecule has 1 aliphatic rings. The number of rotatable bonds is 5. The molecule has 0 aliphatic carbocycles. The molecule has 0 spiro atoms. The Balaban J connectivity index is 1.92. The van der Waals surface area contributed by atoms with Crippen LogP contribution >= 0.6 is 0 Å². The standard InChI is InChI=1S/C17H24N2O3/c1-13(14-7-4-3-5-8-14)18(2)16(20)12-19-10-6-9-15(11-19)17(21)22/h3-5,7-8,13,15H,6,9-12H2,1-2H3,(H,21,22)/t13-,15+/m1/s1. The first kappa shape index (κ1) is 16.5. The number of likely N-dealkylation sites (tertiary alicyclic amines) is 1. The second-order valence-electron chi connectivity index (χ2n) is 6.00. The molecule has 0 unspecified atom stereocenters. The molecule has 1 aromatic rings. The number of piperidine rings is 1.